The Morgan fingerprint density at radius 2 is 1.53 bits per heavy atom. The number of urea groups is 1. The van der Waals surface area contributed by atoms with Gasteiger partial charge in [0.2, 0.25) is 0 Å². The smallest absolute Gasteiger partial charge is 0.322 e. The summed E-state index contributed by atoms with van der Waals surface area (Å²) < 4.78 is 21.7. The van der Waals surface area contributed by atoms with E-state index in [9.17, 15) is 4.79 Å². The van der Waals surface area contributed by atoms with E-state index in [0.29, 0.717) is 46.7 Å². The van der Waals surface area contributed by atoms with Crippen LogP contribution < -0.4 is 24.3 Å². The highest BCUT2D eigenvalue weighted by atomic mass is 35.5. The number of amides is 2. The summed E-state index contributed by atoms with van der Waals surface area (Å²) in [6, 6.07) is 16.0. The van der Waals surface area contributed by atoms with E-state index in [0.717, 1.165) is 16.7 Å². The van der Waals surface area contributed by atoms with E-state index in [4.69, 9.17) is 30.5 Å². The number of hydrogen-bond acceptors (Lipinski definition) is 5. The molecule has 0 spiro atoms. The summed E-state index contributed by atoms with van der Waals surface area (Å²) in [4.78, 5) is 15.4. The van der Waals surface area contributed by atoms with Crippen LogP contribution in [0.1, 0.15) is 22.7 Å². The molecule has 0 fully saturated rings. The molecule has 2 amide bonds. The Balaban J connectivity index is 1.76. The maximum atomic E-state index is 13.6. The number of hydrogen-bond donors (Lipinski definition) is 1. The van der Waals surface area contributed by atoms with Gasteiger partial charge in [0.05, 0.1) is 34.5 Å². The van der Waals surface area contributed by atoms with Crippen molar-refractivity contribution in [2.24, 2.45) is 0 Å². The van der Waals surface area contributed by atoms with Crippen LogP contribution in [0.15, 0.2) is 54.6 Å². The Labute approximate surface area is 204 Å². The summed E-state index contributed by atoms with van der Waals surface area (Å²) in [5.74, 6) is 2.41. The molecule has 1 N–H and O–H groups in total. The van der Waals surface area contributed by atoms with Crippen molar-refractivity contribution in [3.8, 4) is 23.0 Å². The number of fused-ring (bicyclic) bond motifs is 1. The van der Waals surface area contributed by atoms with Crippen LogP contribution in [0, 0.1) is 0 Å². The normalized spacial score (nSPS) is 14.7. The first-order valence-electron chi connectivity index (χ1n) is 10.8. The monoisotopic (exact) mass is 482 g/mol. The highest BCUT2D eigenvalue weighted by Gasteiger charge is 2.34. The molecule has 8 heteroatoms. The van der Waals surface area contributed by atoms with E-state index in [1.165, 1.54) is 0 Å². The largest absolute Gasteiger partial charge is 0.497 e. The van der Waals surface area contributed by atoms with Crippen molar-refractivity contribution in [3.63, 3.8) is 0 Å². The van der Waals surface area contributed by atoms with E-state index in [-0.39, 0.29) is 6.03 Å². The molecule has 3 aromatic carbocycles. The quantitative estimate of drug-likeness (QED) is 0.498. The first-order valence-corrected chi connectivity index (χ1v) is 11.2. The summed E-state index contributed by atoms with van der Waals surface area (Å²) >= 11 is 6.62. The zero-order valence-electron chi connectivity index (χ0n) is 19.6. The molecule has 0 aliphatic carbocycles. The molecule has 4 rings (SSSR count). The summed E-state index contributed by atoms with van der Waals surface area (Å²) in [6.07, 6.45) is 0.658. The second kappa shape index (κ2) is 10.1. The lowest BCUT2D eigenvalue weighted by atomic mass is 9.87. The van der Waals surface area contributed by atoms with E-state index in [1.54, 1.807) is 51.5 Å². The summed E-state index contributed by atoms with van der Waals surface area (Å²) in [7, 11) is 6.34. The standard InChI is InChI=1S/C26H27ClN2O5/c1-31-18-12-17(13-19(14-18)32-2)28-26(30)29-10-9-16-11-23(33-3)24(34-4)15-21(16)25(29)20-7-5-6-8-22(20)27/h5-8,11-15,25H,9-10H2,1-4H3,(H,28,30)/t25-/m0/s1. The maximum Gasteiger partial charge on any atom is 0.322 e. The molecule has 34 heavy (non-hydrogen) atoms. The second-order valence-corrected chi connectivity index (χ2v) is 8.21. The molecule has 0 saturated heterocycles. The number of methoxy groups -OCH3 is 4. The van der Waals surface area contributed by atoms with Gasteiger partial charge in [-0.05, 0) is 41.3 Å². The number of halogens is 1. The predicted octanol–water partition coefficient (Wildman–Crippen LogP) is 5.55. The molecule has 178 valence electrons. The number of benzene rings is 3. The van der Waals surface area contributed by atoms with Gasteiger partial charge in [0.25, 0.3) is 0 Å². The minimum Gasteiger partial charge on any atom is -0.497 e. The van der Waals surface area contributed by atoms with Gasteiger partial charge in [0.1, 0.15) is 11.5 Å². The lowest BCUT2D eigenvalue weighted by Gasteiger charge is -2.38. The van der Waals surface area contributed by atoms with E-state index in [2.05, 4.69) is 5.32 Å². The first kappa shape index (κ1) is 23.6. The van der Waals surface area contributed by atoms with Crippen molar-refractivity contribution in [1.29, 1.82) is 0 Å². The Kier molecular flexibility index (Phi) is 7.03. The first-order chi connectivity index (χ1) is 16.5. The lowest BCUT2D eigenvalue weighted by molar-refractivity contribution is 0.193. The highest BCUT2D eigenvalue weighted by Crippen LogP contribution is 2.43. The fourth-order valence-electron chi connectivity index (χ4n) is 4.27. The van der Waals surface area contributed by atoms with Crippen molar-refractivity contribution in [2.75, 3.05) is 40.3 Å². The number of nitrogens with one attached hydrogen (secondary N) is 1. The lowest BCUT2D eigenvalue weighted by Crippen LogP contribution is -2.43. The third-order valence-corrected chi connectivity index (χ3v) is 6.28. The SMILES string of the molecule is COc1cc(NC(=O)N2CCc3cc(OC)c(OC)cc3[C@@H]2c2ccccc2Cl)cc(OC)c1. The molecule has 7 nitrogen and oxygen atoms in total. The topological polar surface area (TPSA) is 69.3 Å². The summed E-state index contributed by atoms with van der Waals surface area (Å²) in [6.45, 7) is 0.491. The van der Waals surface area contributed by atoms with Gasteiger partial charge in [0, 0.05) is 35.5 Å². The maximum absolute atomic E-state index is 13.6. The van der Waals surface area contributed by atoms with Gasteiger partial charge in [-0.15, -0.1) is 0 Å². The average molecular weight is 483 g/mol. The summed E-state index contributed by atoms with van der Waals surface area (Å²) in [5.41, 5.74) is 3.41. The van der Waals surface area contributed by atoms with Crippen LogP contribution in [0.2, 0.25) is 5.02 Å². The van der Waals surface area contributed by atoms with Gasteiger partial charge in [-0.3, -0.25) is 0 Å². The minimum absolute atomic E-state index is 0.263. The van der Waals surface area contributed by atoms with Gasteiger partial charge in [-0.25, -0.2) is 4.79 Å². The molecular formula is C26H27ClN2O5. The van der Waals surface area contributed by atoms with Crippen molar-refractivity contribution < 1.29 is 23.7 Å². The van der Waals surface area contributed by atoms with E-state index in [1.807, 2.05) is 36.4 Å². The number of rotatable bonds is 6. The van der Waals surface area contributed by atoms with Crippen molar-refractivity contribution in [1.82, 2.24) is 4.90 Å². The number of ether oxygens (including phenoxy) is 4. The van der Waals surface area contributed by atoms with Crippen LogP contribution in [-0.2, 0) is 6.42 Å². The zero-order chi connectivity index (χ0) is 24.2. The van der Waals surface area contributed by atoms with Crippen molar-refractivity contribution in [2.45, 2.75) is 12.5 Å². The molecule has 1 aliphatic rings. The molecule has 0 radical (unpaired) electrons. The fraction of sp³-hybridized carbons (Fsp3) is 0.269. The van der Waals surface area contributed by atoms with Crippen LogP contribution in [0.3, 0.4) is 0 Å². The van der Waals surface area contributed by atoms with Gasteiger partial charge in [-0.2, -0.15) is 0 Å². The molecule has 0 bridgehead atoms. The van der Waals surface area contributed by atoms with Crippen molar-refractivity contribution >= 4 is 23.3 Å². The molecule has 0 aromatic heterocycles. The number of nitrogens with zero attached hydrogens (tertiary/aromatic N) is 1. The fourth-order valence-corrected chi connectivity index (χ4v) is 4.51. The third-order valence-electron chi connectivity index (χ3n) is 5.94. The molecular weight excluding hydrogens is 456 g/mol. The predicted molar refractivity (Wildman–Crippen MR) is 132 cm³/mol. The van der Waals surface area contributed by atoms with Crippen LogP contribution in [0.25, 0.3) is 0 Å². The van der Waals surface area contributed by atoms with Crippen LogP contribution in [0.4, 0.5) is 10.5 Å². The Bertz CT molecular complexity index is 1180. The second-order valence-electron chi connectivity index (χ2n) is 7.80. The van der Waals surface area contributed by atoms with E-state index >= 15 is 0 Å². The highest BCUT2D eigenvalue weighted by molar-refractivity contribution is 6.31. The molecule has 3 aromatic rings. The summed E-state index contributed by atoms with van der Waals surface area (Å²) in [5, 5.41) is 3.57. The molecule has 1 heterocycles. The number of anilines is 1. The van der Waals surface area contributed by atoms with Crippen molar-refractivity contribution in [3.05, 3.63) is 76.3 Å². The average Bonchev–Trinajstić information content (AvgIpc) is 2.87. The molecule has 0 unspecified atom stereocenters. The molecule has 1 aliphatic heterocycles. The van der Waals surface area contributed by atoms with Crippen LogP contribution in [0.5, 0.6) is 23.0 Å². The number of carbonyl (C=O) groups is 1. The van der Waals surface area contributed by atoms with E-state index < -0.39 is 6.04 Å². The van der Waals surface area contributed by atoms with Gasteiger partial charge in [-0.1, -0.05) is 29.8 Å². The molecule has 1 atom stereocenters. The number of carbonyl (C=O) groups excluding carboxylic acids is 1. The van der Waals surface area contributed by atoms with Crippen LogP contribution in [-0.4, -0.2) is 45.9 Å². The minimum atomic E-state index is -0.412. The zero-order valence-corrected chi connectivity index (χ0v) is 20.3. The van der Waals surface area contributed by atoms with Gasteiger partial charge in [0.15, 0.2) is 11.5 Å². The third kappa shape index (κ3) is 4.56. The van der Waals surface area contributed by atoms with Gasteiger partial charge >= 0.3 is 6.03 Å². The Morgan fingerprint density at radius 1 is 0.882 bits per heavy atom. The Morgan fingerprint density at radius 3 is 2.15 bits per heavy atom. The van der Waals surface area contributed by atoms with Crippen LogP contribution >= 0.6 is 11.6 Å². The van der Waals surface area contributed by atoms with Gasteiger partial charge < -0.3 is 29.2 Å². The molecule has 0 saturated carbocycles. The Hall–Kier alpha value is -3.58.